The zero-order valence-electron chi connectivity index (χ0n) is 10.6. The van der Waals surface area contributed by atoms with Gasteiger partial charge < -0.3 is 0 Å². The van der Waals surface area contributed by atoms with Crippen molar-refractivity contribution in [3.63, 3.8) is 0 Å². The molecule has 13 heteroatoms. The lowest BCUT2D eigenvalue weighted by atomic mass is 9.96. The Morgan fingerprint density at radius 2 is 1.17 bits per heavy atom. The number of alkyl halides is 9. The number of benzene rings is 1. The maximum atomic E-state index is 13.7. The van der Waals surface area contributed by atoms with E-state index < -0.39 is 50.4 Å². The summed E-state index contributed by atoms with van der Waals surface area (Å²) in [5.41, 5.74) is -2.88. The van der Waals surface area contributed by atoms with Crippen LogP contribution in [0.25, 0.3) is 0 Å². The highest BCUT2D eigenvalue weighted by Crippen LogP contribution is 2.57. The van der Waals surface area contributed by atoms with E-state index in [4.69, 9.17) is 34.8 Å². The van der Waals surface area contributed by atoms with Gasteiger partial charge in [0.15, 0.2) is 0 Å². The van der Waals surface area contributed by atoms with Crippen molar-refractivity contribution in [2.24, 2.45) is 0 Å². The Morgan fingerprint density at radius 3 is 1.46 bits per heavy atom. The Hall–Kier alpha value is -0.870. The molecule has 1 nitrogen and oxygen atoms in total. The Bertz CT molecular complexity index is 646. The molecule has 0 N–H and O–H groups in total. The fraction of sp³-hybridized carbons (Fsp3) is 0.364. The van der Waals surface area contributed by atoms with Crippen LogP contribution in [0.2, 0.25) is 10.0 Å². The van der Waals surface area contributed by atoms with Crippen LogP contribution in [0.3, 0.4) is 0 Å². The van der Waals surface area contributed by atoms with Gasteiger partial charge in [0.1, 0.15) is 0 Å². The molecule has 0 saturated carbocycles. The molecule has 0 amide bonds. The molecule has 136 valence electrons. The third-order valence-electron chi connectivity index (χ3n) is 2.75. The first-order valence-electron chi connectivity index (χ1n) is 5.38. The lowest BCUT2D eigenvalue weighted by Gasteiger charge is -2.34. The SMILES string of the molecule is O=C(Cl)c1c(Cl)cc(C(F)(F)C(F)(F)C(F)(F)C(F)(F)F)cc1Cl. The van der Waals surface area contributed by atoms with Crippen LogP contribution in [0.5, 0.6) is 0 Å². The zero-order chi connectivity index (χ0) is 19.3. The molecule has 0 heterocycles. The van der Waals surface area contributed by atoms with E-state index in [0.717, 1.165) is 0 Å². The average molecular weight is 427 g/mol. The van der Waals surface area contributed by atoms with E-state index in [0.29, 0.717) is 0 Å². The molecule has 0 atom stereocenters. The van der Waals surface area contributed by atoms with Gasteiger partial charge >= 0.3 is 23.9 Å². The van der Waals surface area contributed by atoms with Crippen molar-refractivity contribution in [2.45, 2.75) is 23.9 Å². The quantitative estimate of drug-likeness (QED) is 0.407. The van der Waals surface area contributed by atoms with Crippen molar-refractivity contribution in [1.29, 1.82) is 0 Å². The van der Waals surface area contributed by atoms with Crippen LogP contribution in [0.15, 0.2) is 12.1 Å². The first-order valence-corrected chi connectivity index (χ1v) is 6.51. The number of carbonyl (C=O) groups excluding carboxylic acids is 1. The summed E-state index contributed by atoms with van der Waals surface area (Å²) in [6, 6.07) is -0.215. The molecule has 1 aromatic rings. The summed E-state index contributed by atoms with van der Waals surface area (Å²) < 4.78 is 116. The van der Waals surface area contributed by atoms with E-state index in [2.05, 4.69) is 0 Å². The molecule has 24 heavy (non-hydrogen) atoms. The van der Waals surface area contributed by atoms with Crippen LogP contribution < -0.4 is 0 Å². The van der Waals surface area contributed by atoms with Crippen LogP contribution in [0.1, 0.15) is 15.9 Å². The topological polar surface area (TPSA) is 17.1 Å². The predicted molar refractivity (Wildman–Crippen MR) is 66.5 cm³/mol. The first-order chi connectivity index (χ1) is 10.5. The third-order valence-corrected chi connectivity index (χ3v) is 3.53. The predicted octanol–water partition coefficient (Wildman–Crippen LogP) is 6.30. The number of hydrogen-bond donors (Lipinski definition) is 0. The molecule has 0 aliphatic rings. The fourth-order valence-corrected chi connectivity index (χ4v) is 2.46. The van der Waals surface area contributed by atoms with Crippen LogP contribution in [-0.4, -0.2) is 23.3 Å². The van der Waals surface area contributed by atoms with Gasteiger partial charge in [0, 0.05) is 5.56 Å². The normalized spacial score (nSPS) is 14.0. The smallest absolute Gasteiger partial charge is 0.275 e. The average Bonchev–Trinajstić information content (AvgIpc) is 2.35. The van der Waals surface area contributed by atoms with Gasteiger partial charge in [0.25, 0.3) is 5.24 Å². The van der Waals surface area contributed by atoms with E-state index in [1.54, 1.807) is 0 Å². The summed E-state index contributed by atoms with van der Waals surface area (Å²) in [5, 5.41) is -3.47. The largest absolute Gasteiger partial charge is 0.460 e. The Kier molecular flexibility index (Phi) is 5.41. The van der Waals surface area contributed by atoms with Crippen LogP contribution >= 0.6 is 34.8 Å². The summed E-state index contributed by atoms with van der Waals surface area (Å²) in [6.45, 7) is 0. The summed E-state index contributed by atoms with van der Waals surface area (Å²) in [5.74, 6) is -20.0. The van der Waals surface area contributed by atoms with E-state index in [9.17, 15) is 44.3 Å². The fourth-order valence-electron chi connectivity index (χ4n) is 1.50. The van der Waals surface area contributed by atoms with Gasteiger partial charge in [0.2, 0.25) is 0 Å². The van der Waals surface area contributed by atoms with Gasteiger partial charge in [-0.25, -0.2) is 0 Å². The summed E-state index contributed by atoms with van der Waals surface area (Å²) in [6.07, 6.45) is -6.96. The maximum absolute atomic E-state index is 13.7. The molecule has 0 spiro atoms. The molecule has 0 unspecified atom stereocenters. The molecular weight excluding hydrogens is 425 g/mol. The number of carbonyl (C=O) groups is 1. The lowest BCUT2D eigenvalue weighted by molar-refractivity contribution is -0.399. The van der Waals surface area contributed by atoms with E-state index >= 15 is 0 Å². The van der Waals surface area contributed by atoms with E-state index in [-0.39, 0.29) is 12.1 Å². The molecule has 0 radical (unpaired) electrons. The molecule has 0 saturated heterocycles. The third kappa shape index (κ3) is 3.15. The van der Waals surface area contributed by atoms with Gasteiger partial charge in [-0.3, -0.25) is 4.79 Å². The van der Waals surface area contributed by atoms with Crippen LogP contribution in [0.4, 0.5) is 39.5 Å². The highest BCUT2D eigenvalue weighted by Gasteiger charge is 2.82. The Labute approximate surface area is 142 Å². The van der Waals surface area contributed by atoms with Crippen molar-refractivity contribution in [3.8, 4) is 0 Å². The highest BCUT2D eigenvalue weighted by atomic mass is 35.5. The molecule has 1 rings (SSSR count). The van der Waals surface area contributed by atoms with Gasteiger partial charge in [-0.15, -0.1) is 0 Å². The van der Waals surface area contributed by atoms with Crippen molar-refractivity contribution in [2.75, 3.05) is 0 Å². The van der Waals surface area contributed by atoms with Crippen molar-refractivity contribution in [3.05, 3.63) is 33.3 Å². The highest BCUT2D eigenvalue weighted by molar-refractivity contribution is 6.69. The number of rotatable bonds is 4. The number of hydrogen-bond acceptors (Lipinski definition) is 1. The molecule has 0 aromatic heterocycles. The second-order valence-corrected chi connectivity index (χ2v) is 5.47. The Balaban J connectivity index is 3.58. The first kappa shape index (κ1) is 21.2. The second-order valence-electron chi connectivity index (χ2n) is 4.31. The van der Waals surface area contributed by atoms with Gasteiger partial charge in [-0.2, -0.15) is 39.5 Å². The molecule has 0 bridgehead atoms. The zero-order valence-corrected chi connectivity index (χ0v) is 12.9. The van der Waals surface area contributed by atoms with Gasteiger partial charge in [0.05, 0.1) is 15.6 Å². The van der Waals surface area contributed by atoms with Crippen molar-refractivity contribution >= 4 is 40.0 Å². The standard InChI is InChI=1S/C11H2Cl3F9O/c12-4-1-3(2-5(13)6(4)7(14)24)8(15,16)9(17,18)10(19,20)11(21,22)23/h1-2H. The maximum Gasteiger partial charge on any atom is 0.460 e. The number of halogens is 12. The van der Waals surface area contributed by atoms with Crippen LogP contribution in [-0.2, 0) is 5.92 Å². The van der Waals surface area contributed by atoms with Crippen molar-refractivity contribution < 1.29 is 44.3 Å². The van der Waals surface area contributed by atoms with E-state index in [1.165, 1.54) is 0 Å². The second kappa shape index (κ2) is 6.14. The summed E-state index contributed by atoms with van der Waals surface area (Å²) in [7, 11) is 0. The van der Waals surface area contributed by atoms with E-state index in [1.807, 2.05) is 0 Å². The Morgan fingerprint density at radius 1 is 0.792 bits per heavy atom. The minimum Gasteiger partial charge on any atom is -0.275 e. The summed E-state index contributed by atoms with van der Waals surface area (Å²) in [4.78, 5) is 10.9. The molecule has 0 aliphatic heterocycles. The minimum absolute atomic E-state index is 0.108. The van der Waals surface area contributed by atoms with Crippen molar-refractivity contribution in [1.82, 2.24) is 0 Å². The van der Waals surface area contributed by atoms with Crippen LogP contribution in [0, 0.1) is 0 Å². The lowest BCUT2D eigenvalue weighted by Crippen LogP contribution is -2.59. The monoisotopic (exact) mass is 426 g/mol. The van der Waals surface area contributed by atoms with Gasteiger partial charge in [-0.1, -0.05) is 23.2 Å². The van der Waals surface area contributed by atoms with Gasteiger partial charge in [-0.05, 0) is 23.7 Å². The molecule has 1 aromatic carbocycles. The minimum atomic E-state index is -7.07. The molecule has 0 fully saturated rings. The summed E-state index contributed by atoms with van der Waals surface area (Å²) >= 11 is 15.6. The molecular formula is C11H2Cl3F9O. The molecule has 0 aliphatic carbocycles.